The van der Waals surface area contributed by atoms with Gasteiger partial charge in [-0.2, -0.15) is 11.8 Å². The molecule has 0 bridgehead atoms. The Labute approximate surface area is 127 Å². The zero-order chi connectivity index (χ0) is 15.4. The van der Waals surface area contributed by atoms with Crippen LogP contribution in [0.5, 0.6) is 0 Å². The molecular weight excluding hydrogens is 274 g/mol. The normalized spacial score (nSPS) is 12.2. The van der Waals surface area contributed by atoms with Crippen LogP contribution in [-0.4, -0.2) is 49.2 Å². The number of hydrogen-bond donors (Lipinski definition) is 2. The Morgan fingerprint density at radius 2 is 1.95 bits per heavy atom. The van der Waals surface area contributed by atoms with Gasteiger partial charge < -0.3 is 15.4 Å². The highest BCUT2D eigenvalue weighted by atomic mass is 32.2. The standard InChI is InChI=1S/C14H29N3O2S/c1-6-15-13(16-9-7-8-10-20-5)17-11-12(18)19-14(2,3)4/h6-11H2,1-5H3,(H2,15,16,17). The number of thioether (sulfide) groups is 1. The zero-order valence-corrected chi connectivity index (χ0v) is 14.2. The van der Waals surface area contributed by atoms with E-state index in [0.29, 0.717) is 5.96 Å². The van der Waals surface area contributed by atoms with E-state index < -0.39 is 5.60 Å². The molecule has 2 N–H and O–H groups in total. The van der Waals surface area contributed by atoms with Gasteiger partial charge in [-0.05, 0) is 52.5 Å². The van der Waals surface area contributed by atoms with Gasteiger partial charge in [0.1, 0.15) is 12.1 Å². The molecule has 0 rings (SSSR count). The van der Waals surface area contributed by atoms with Crippen molar-refractivity contribution in [2.24, 2.45) is 4.99 Å². The van der Waals surface area contributed by atoms with E-state index in [1.807, 2.05) is 39.5 Å². The molecule has 0 aromatic heterocycles. The molecule has 0 fully saturated rings. The minimum atomic E-state index is -0.462. The summed E-state index contributed by atoms with van der Waals surface area (Å²) in [6.45, 7) is 9.22. The van der Waals surface area contributed by atoms with Crippen LogP contribution >= 0.6 is 11.8 Å². The first-order valence-corrected chi connectivity index (χ1v) is 8.51. The van der Waals surface area contributed by atoms with Gasteiger partial charge in [0.2, 0.25) is 0 Å². The van der Waals surface area contributed by atoms with Crippen LogP contribution in [0.25, 0.3) is 0 Å². The SMILES string of the molecule is CCNC(=NCC(=O)OC(C)(C)C)NCCCCSC. The van der Waals surface area contributed by atoms with Gasteiger partial charge in [-0.1, -0.05) is 0 Å². The molecule has 0 saturated carbocycles. The average molecular weight is 303 g/mol. The first-order valence-electron chi connectivity index (χ1n) is 7.12. The predicted octanol–water partition coefficient (Wildman–Crippen LogP) is 2.03. The van der Waals surface area contributed by atoms with Crippen molar-refractivity contribution in [2.45, 2.75) is 46.1 Å². The molecule has 0 aromatic rings. The lowest BCUT2D eigenvalue weighted by molar-refractivity contribution is -0.152. The minimum absolute atomic E-state index is 0.0391. The van der Waals surface area contributed by atoms with Crippen LogP contribution in [0.1, 0.15) is 40.5 Å². The Morgan fingerprint density at radius 1 is 1.25 bits per heavy atom. The van der Waals surface area contributed by atoms with E-state index in [2.05, 4.69) is 21.9 Å². The number of unbranched alkanes of at least 4 members (excludes halogenated alkanes) is 1. The molecule has 0 heterocycles. The van der Waals surface area contributed by atoms with Crippen molar-refractivity contribution in [3.8, 4) is 0 Å². The van der Waals surface area contributed by atoms with Gasteiger partial charge in [-0.25, -0.2) is 4.99 Å². The number of aliphatic imine (C=N–C) groups is 1. The third-order valence-electron chi connectivity index (χ3n) is 2.20. The number of nitrogens with one attached hydrogen (secondary N) is 2. The van der Waals surface area contributed by atoms with E-state index in [-0.39, 0.29) is 12.5 Å². The minimum Gasteiger partial charge on any atom is -0.459 e. The smallest absolute Gasteiger partial charge is 0.328 e. The molecule has 0 unspecified atom stereocenters. The Hall–Kier alpha value is -0.910. The van der Waals surface area contributed by atoms with Crippen LogP contribution in [0, 0.1) is 0 Å². The summed E-state index contributed by atoms with van der Waals surface area (Å²) in [6.07, 6.45) is 4.39. The maximum absolute atomic E-state index is 11.6. The summed E-state index contributed by atoms with van der Waals surface area (Å²) in [5.41, 5.74) is -0.462. The van der Waals surface area contributed by atoms with Gasteiger partial charge in [-0.3, -0.25) is 4.79 Å². The molecular formula is C14H29N3O2S. The maximum Gasteiger partial charge on any atom is 0.328 e. The van der Waals surface area contributed by atoms with E-state index in [1.54, 1.807) is 0 Å². The number of nitrogens with zero attached hydrogens (tertiary/aromatic N) is 1. The largest absolute Gasteiger partial charge is 0.459 e. The fraction of sp³-hybridized carbons (Fsp3) is 0.857. The number of esters is 1. The number of carbonyl (C=O) groups is 1. The average Bonchev–Trinajstić information content (AvgIpc) is 2.33. The molecule has 0 saturated heterocycles. The monoisotopic (exact) mass is 303 g/mol. The van der Waals surface area contributed by atoms with Crippen molar-refractivity contribution in [1.82, 2.24) is 10.6 Å². The van der Waals surface area contributed by atoms with Crippen molar-refractivity contribution in [3.63, 3.8) is 0 Å². The molecule has 0 radical (unpaired) electrons. The second kappa shape index (κ2) is 10.8. The molecule has 0 spiro atoms. The van der Waals surface area contributed by atoms with Crippen molar-refractivity contribution in [3.05, 3.63) is 0 Å². The van der Waals surface area contributed by atoms with Crippen molar-refractivity contribution in [1.29, 1.82) is 0 Å². The Kier molecular flexibility index (Phi) is 10.3. The number of guanidine groups is 1. The molecule has 0 amide bonds. The quantitative estimate of drug-likeness (QED) is 0.311. The summed E-state index contributed by atoms with van der Waals surface area (Å²) >= 11 is 1.86. The third-order valence-corrected chi connectivity index (χ3v) is 2.90. The Morgan fingerprint density at radius 3 is 2.50 bits per heavy atom. The summed E-state index contributed by atoms with van der Waals surface area (Å²) < 4.78 is 5.22. The maximum atomic E-state index is 11.6. The van der Waals surface area contributed by atoms with E-state index >= 15 is 0 Å². The summed E-state index contributed by atoms with van der Waals surface area (Å²) in [5.74, 6) is 1.53. The highest BCUT2D eigenvalue weighted by Crippen LogP contribution is 2.06. The fourth-order valence-corrected chi connectivity index (χ4v) is 1.93. The zero-order valence-electron chi connectivity index (χ0n) is 13.4. The van der Waals surface area contributed by atoms with Gasteiger partial charge in [0, 0.05) is 13.1 Å². The van der Waals surface area contributed by atoms with Gasteiger partial charge in [0.15, 0.2) is 5.96 Å². The van der Waals surface area contributed by atoms with Gasteiger partial charge in [0.25, 0.3) is 0 Å². The van der Waals surface area contributed by atoms with Crippen LogP contribution in [0.4, 0.5) is 0 Å². The van der Waals surface area contributed by atoms with E-state index in [0.717, 1.165) is 19.5 Å². The van der Waals surface area contributed by atoms with Crippen LogP contribution in [0.15, 0.2) is 4.99 Å². The lowest BCUT2D eigenvalue weighted by atomic mass is 10.2. The summed E-state index contributed by atoms with van der Waals surface area (Å²) in [7, 11) is 0. The number of rotatable bonds is 8. The second-order valence-electron chi connectivity index (χ2n) is 5.41. The van der Waals surface area contributed by atoms with Crippen LogP contribution in [-0.2, 0) is 9.53 Å². The van der Waals surface area contributed by atoms with Crippen LogP contribution in [0.2, 0.25) is 0 Å². The Balaban J connectivity index is 4.09. The Bertz CT molecular complexity index is 301. The molecule has 20 heavy (non-hydrogen) atoms. The second-order valence-corrected chi connectivity index (χ2v) is 6.39. The summed E-state index contributed by atoms with van der Waals surface area (Å²) in [5, 5.41) is 6.34. The molecule has 5 nitrogen and oxygen atoms in total. The van der Waals surface area contributed by atoms with Gasteiger partial charge in [0.05, 0.1) is 0 Å². The molecule has 118 valence electrons. The van der Waals surface area contributed by atoms with Crippen LogP contribution < -0.4 is 10.6 Å². The molecule has 0 aliphatic heterocycles. The van der Waals surface area contributed by atoms with Gasteiger partial charge in [-0.15, -0.1) is 0 Å². The molecule has 6 heteroatoms. The fourth-order valence-electron chi connectivity index (χ4n) is 1.44. The first-order chi connectivity index (χ1) is 9.39. The lowest BCUT2D eigenvalue weighted by Gasteiger charge is -2.19. The third kappa shape index (κ3) is 12.1. The number of hydrogen-bond acceptors (Lipinski definition) is 4. The van der Waals surface area contributed by atoms with Gasteiger partial charge >= 0.3 is 5.97 Å². The van der Waals surface area contributed by atoms with Crippen molar-refractivity contribution < 1.29 is 9.53 Å². The predicted molar refractivity (Wildman–Crippen MR) is 87.4 cm³/mol. The number of ether oxygens (including phenoxy) is 1. The topological polar surface area (TPSA) is 62.7 Å². The van der Waals surface area contributed by atoms with Crippen molar-refractivity contribution >= 4 is 23.7 Å². The van der Waals surface area contributed by atoms with E-state index in [4.69, 9.17) is 4.74 Å². The highest BCUT2D eigenvalue weighted by molar-refractivity contribution is 7.98. The first kappa shape index (κ1) is 19.1. The van der Waals surface area contributed by atoms with E-state index in [9.17, 15) is 4.79 Å². The summed E-state index contributed by atoms with van der Waals surface area (Å²) in [6, 6.07) is 0. The highest BCUT2D eigenvalue weighted by Gasteiger charge is 2.15. The van der Waals surface area contributed by atoms with Crippen LogP contribution in [0.3, 0.4) is 0 Å². The molecule has 0 aliphatic carbocycles. The summed E-state index contributed by atoms with van der Waals surface area (Å²) in [4.78, 5) is 15.8. The van der Waals surface area contributed by atoms with E-state index in [1.165, 1.54) is 12.2 Å². The van der Waals surface area contributed by atoms with Crippen molar-refractivity contribution in [2.75, 3.05) is 31.6 Å². The number of carbonyl (C=O) groups excluding carboxylic acids is 1. The molecule has 0 aliphatic rings. The molecule has 0 aromatic carbocycles. The molecule has 0 atom stereocenters. The lowest BCUT2D eigenvalue weighted by Crippen LogP contribution is -2.38.